The Morgan fingerprint density at radius 2 is 1.54 bits per heavy atom. The van der Waals surface area contributed by atoms with Crippen molar-refractivity contribution in [3.63, 3.8) is 0 Å². The van der Waals surface area contributed by atoms with Gasteiger partial charge in [-0.25, -0.2) is 4.98 Å². The van der Waals surface area contributed by atoms with Crippen molar-refractivity contribution in [2.45, 2.75) is 38.1 Å². The average Bonchev–Trinajstić information content (AvgIpc) is 3.17. The van der Waals surface area contributed by atoms with Gasteiger partial charge in [-0.3, -0.25) is 19.3 Å². The standard InChI is InChI=1S/C28H28N4O3/c33-26(31-16-14-30(15-17-31)25-13-11-19-6-4-5-9-24(19)29-25)20-10-12-22-23(18-20)28(35)32(27(22)34)21-7-2-1-3-8-21/h4-6,9-13,18,21H,1-3,7-8,14-17H2. The van der Waals surface area contributed by atoms with E-state index in [4.69, 9.17) is 4.98 Å². The molecule has 1 aliphatic carbocycles. The van der Waals surface area contributed by atoms with Crippen LogP contribution >= 0.6 is 0 Å². The van der Waals surface area contributed by atoms with Gasteiger partial charge in [0.15, 0.2) is 0 Å². The third-order valence-corrected chi connectivity index (χ3v) is 7.58. The molecule has 3 aliphatic rings. The van der Waals surface area contributed by atoms with E-state index in [0.717, 1.165) is 48.8 Å². The largest absolute Gasteiger partial charge is 0.353 e. The second kappa shape index (κ2) is 8.80. The number of fused-ring (bicyclic) bond motifs is 2. The Kier molecular flexibility index (Phi) is 5.47. The lowest BCUT2D eigenvalue weighted by atomic mass is 9.94. The summed E-state index contributed by atoms with van der Waals surface area (Å²) in [6.45, 7) is 2.53. The van der Waals surface area contributed by atoms with Gasteiger partial charge in [0, 0.05) is 43.2 Å². The SMILES string of the molecule is O=C(c1ccc2c(c1)C(=O)N(C1CCCCC1)C2=O)N1CCN(c2ccc3ccccc3n2)CC1. The van der Waals surface area contributed by atoms with Crippen molar-refractivity contribution in [2.24, 2.45) is 0 Å². The van der Waals surface area contributed by atoms with E-state index in [2.05, 4.69) is 11.0 Å². The van der Waals surface area contributed by atoms with Gasteiger partial charge in [-0.1, -0.05) is 37.5 Å². The topological polar surface area (TPSA) is 73.8 Å². The number of amides is 3. The third-order valence-electron chi connectivity index (χ3n) is 7.58. The van der Waals surface area contributed by atoms with Gasteiger partial charge in [-0.05, 0) is 49.2 Å². The molecular formula is C28H28N4O3. The van der Waals surface area contributed by atoms with Crippen LogP contribution < -0.4 is 4.90 Å². The highest BCUT2D eigenvalue weighted by molar-refractivity contribution is 6.22. The molecule has 7 heteroatoms. The van der Waals surface area contributed by atoms with E-state index >= 15 is 0 Å². The molecule has 7 nitrogen and oxygen atoms in total. The van der Waals surface area contributed by atoms with Crippen molar-refractivity contribution in [3.8, 4) is 0 Å². The number of nitrogens with zero attached hydrogens (tertiary/aromatic N) is 4. The van der Waals surface area contributed by atoms with Crippen LogP contribution in [-0.2, 0) is 0 Å². The summed E-state index contributed by atoms with van der Waals surface area (Å²) in [6.07, 6.45) is 4.98. The number of carbonyl (C=O) groups is 3. The number of para-hydroxylation sites is 1. The summed E-state index contributed by atoms with van der Waals surface area (Å²) >= 11 is 0. The Morgan fingerprint density at radius 3 is 2.34 bits per heavy atom. The normalized spacial score (nSPS) is 18.9. The second-order valence-electron chi connectivity index (χ2n) is 9.67. The molecule has 1 saturated heterocycles. The van der Waals surface area contributed by atoms with Gasteiger partial charge < -0.3 is 9.80 Å². The first kappa shape index (κ1) is 21.8. The van der Waals surface area contributed by atoms with Crippen LogP contribution in [0.15, 0.2) is 54.6 Å². The van der Waals surface area contributed by atoms with Gasteiger partial charge in [0.1, 0.15) is 5.82 Å². The summed E-state index contributed by atoms with van der Waals surface area (Å²) in [4.78, 5) is 49.6. The van der Waals surface area contributed by atoms with Crippen LogP contribution in [0.3, 0.4) is 0 Å². The summed E-state index contributed by atoms with van der Waals surface area (Å²) in [5, 5.41) is 1.11. The van der Waals surface area contributed by atoms with Crippen LogP contribution in [0, 0.1) is 0 Å². The molecular weight excluding hydrogens is 440 g/mol. The van der Waals surface area contributed by atoms with Gasteiger partial charge in [0.25, 0.3) is 17.7 Å². The van der Waals surface area contributed by atoms with Gasteiger partial charge in [-0.15, -0.1) is 0 Å². The lowest BCUT2D eigenvalue weighted by Gasteiger charge is -2.35. The summed E-state index contributed by atoms with van der Waals surface area (Å²) in [5.41, 5.74) is 2.21. The van der Waals surface area contributed by atoms with Crippen molar-refractivity contribution in [2.75, 3.05) is 31.1 Å². The Hall–Kier alpha value is -3.74. The van der Waals surface area contributed by atoms with E-state index in [0.29, 0.717) is 42.9 Å². The highest BCUT2D eigenvalue weighted by atomic mass is 16.2. The van der Waals surface area contributed by atoms with E-state index in [1.165, 1.54) is 4.90 Å². The maximum Gasteiger partial charge on any atom is 0.261 e. The fourth-order valence-corrected chi connectivity index (χ4v) is 5.62. The van der Waals surface area contributed by atoms with Crippen LogP contribution in [-0.4, -0.2) is 64.7 Å². The fraction of sp³-hybridized carbons (Fsp3) is 0.357. The number of hydrogen-bond donors (Lipinski definition) is 0. The zero-order valence-corrected chi connectivity index (χ0v) is 19.7. The van der Waals surface area contributed by atoms with Gasteiger partial charge in [0.05, 0.1) is 16.6 Å². The van der Waals surface area contributed by atoms with Crippen molar-refractivity contribution < 1.29 is 14.4 Å². The minimum absolute atomic E-state index is 0.0212. The zero-order chi connectivity index (χ0) is 23.9. The second-order valence-corrected chi connectivity index (χ2v) is 9.67. The van der Waals surface area contributed by atoms with Crippen LogP contribution in [0.1, 0.15) is 63.2 Å². The van der Waals surface area contributed by atoms with E-state index < -0.39 is 0 Å². The van der Waals surface area contributed by atoms with E-state index in [-0.39, 0.29) is 23.8 Å². The van der Waals surface area contributed by atoms with Crippen LogP contribution in [0.25, 0.3) is 10.9 Å². The number of benzene rings is 2. The molecule has 178 valence electrons. The highest BCUT2D eigenvalue weighted by Gasteiger charge is 2.40. The predicted octanol–water partition coefficient (Wildman–Crippen LogP) is 4.13. The Bertz CT molecular complexity index is 1320. The van der Waals surface area contributed by atoms with Crippen molar-refractivity contribution in [1.82, 2.24) is 14.8 Å². The predicted molar refractivity (Wildman–Crippen MR) is 134 cm³/mol. The average molecular weight is 469 g/mol. The monoisotopic (exact) mass is 468 g/mol. The molecule has 3 amide bonds. The molecule has 0 unspecified atom stereocenters. The van der Waals surface area contributed by atoms with E-state index in [1.54, 1.807) is 18.2 Å². The lowest BCUT2D eigenvalue weighted by Crippen LogP contribution is -2.49. The first-order chi connectivity index (χ1) is 17.1. The van der Waals surface area contributed by atoms with Crippen LogP contribution in [0.5, 0.6) is 0 Å². The zero-order valence-electron chi connectivity index (χ0n) is 19.7. The van der Waals surface area contributed by atoms with Crippen molar-refractivity contribution in [1.29, 1.82) is 0 Å². The molecule has 35 heavy (non-hydrogen) atoms. The Labute approximate surface area is 204 Å². The molecule has 0 atom stereocenters. The number of imide groups is 1. The molecule has 2 fully saturated rings. The van der Waals surface area contributed by atoms with E-state index in [1.807, 2.05) is 35.2 Å². The molecule has 3 heterocycles. The third kappa shape index (κ3) is 3.85. The number of rotatable bonds is 3. The van der Waals surface area contributed by atoms with Gasteiger partial charge >= 0.3 is 0 Å². The molecule has 0 N–H and O–H groups in total. The molecule has 0 radical (unpaired) electrons. The first-order valence-corrected chi connectivity index (χ1v) is 12.5. The fourth-order valence-electron chi connectivity index (χ4n) is 5.62. The number of hydrogen-bond acceptors (Lipinski definition) is 5. The van der Waals surface area contributed by atoms with E-state index in [9.17, 15) is 14.4 Å². The van der Waals surface area contributed by atoms with Crippen molar-refractivity contribution in [3.05, 3.63) is 71.3 Å². The smallest absolute Gasteiger partial charge is 0.261 e. The molecule has 2 aromatic carbocycles. The number of anilines is 1. The number of pyridine rings is 1. The molecule has 3 aromatic rings. The van der Waals surface area contributed by atoms with Gasteiger partial charge in [0.2, 0.25) is 0 Å². The molecule has 6 rings (SSSR count). The number of carbonyl (C=O) groups excluding carboxylic acids is 3. The summed E-state index contributed by atoms with van der Waals surface area (Å²) < 4.78 is 0. The summed E-state index contributed by atoms with van der Waals surface area (Å²) in [6, 6.07) is 17.1. The maximum absolute atomic E-state index is 13.3. The maximum atomic E-state index is 13.3. The first-order valence-electron chi connectivity index (χ1n) is 12.5. The summed E-state index contributed by atoms with van der Waals surface area (Å²) in [7, 11) is 0. The number of piperazine rings is 1. The Morgan fingerprint density at radius 1 is 0.800 bits per heavy atom. The lowest BCUT2D eigenvalue weighted by molar-refractivity contribution is 0.0548. The summed E-state index contributed by atoms with van der Waals surface area (Å²) in [5.74, 6) is 0.349. The van der Waals surface area contributed by atoms with Gasteiger partial charge in [-0.2, -0.15) is 0 Å². The number of aromatic nitrogens is 1. The molecule has 0 spiro atoms. The highest BCUT2D eigenvalue weighted by Crippen LogP contribution is 2.32. The van der Waals surface area contributed by atoms with Crippen LogP contribution in [0.2, 0.25) is 0 Å². The minimum atomic E-state index is -0.251. The molecule has 0 bridgehead atoms. The van der Waals surface area contributed by atoms with Crippen molar-refractivity contribution >= 4 is 34.4 Å². The molecule has 1 aromatic heterocycles. The Balaban J connectivity index is 1.15. The molecule has 1 saturated carbocycles. The minimum Gasteiger partial charge on any atom is -0.353 e. The quantitative estimate of drug-likeness (QED) is 0.541. The molecule has 2 aliphatic heterocycles. The van der Waals surface area contributed by atoms with Crippen LogP contribution in [0.4, 0.5) is 5.82 Å².